The summed E-state index contributed by atoms with van der Waals surface area (Å²) < 4.78 is 25.2. The Kier molecular flexibility index (Phi) is 5.41. The normalized spacial score (nSPS) is 35.5. The van der Waals surface area contributed by atoms with Gasteiger partial charge in [-0.25, -0.2) is 4.39 Å². The van der Waals surface area contributed by atoms with E-state index in [0.717, 1.165) is 0 Å². The molecule has 24 heavy (non-hydrogen) atoms. The third-order valence-corrected chi connectivity index (χ3v) is 5.44. The second kappa shape index (κ2) is 7.37. The van der Waals surface area contributed by atoms with E-state index in [2.05, 4.69) is 10.3 Å². The van der Waals surface area contributed by atoms with Crippen molar-refractivity contribution >= 4 is 16.9 Å². The lowest BCUT2D eigenvalue weighted by Gasteiger charge is -2.41. The molecular weight excluding hydrogens is 335 g/mol. The Hall–Kier alpha value is -1.19. The standard InChI is InChI=1S/C16H21FN2O4S/c1-8(22-7-9-5-3-4-6-10(9)17)14-13(21)12(20)11-15(23-14)24-16(18-2)19-11/h3-6,8,11-15,20-21H,7H2,1-2H3,(H,18,19)/t8-,11+,12+,13-,14+,15+/m0/s1. The van der Waals surface area contributed by atoms with Crippen LogP contribution < -0.4 is 5.32 Å². The maximum atomic E-state index is 13.7. The molecule has 2 heterocycles. The highest BCUT2D eigenvalue weighted by Gasteiger charge is 2.50. The third kappa shape index (κ3) is 3.43. The molecule has 0 saturated carbocycles. The predicted molar refractivity (Wildman–Crippen MR) is 89.2 cm³/mol. The molecule has 132 valence electrons. The zero-order valence-electron chi connectivity index (χ0n) is 13.4. The molecule has 2 aliphatic rings. The zero-order valence-corrected chi connectivity index (χ0v) is 14.2. The summed E-state index contributed by atoms with van der Waals surface area (Å²) in [6, 6.07) is 5.95. The minimum absolute atomic E-state index is 0.0671. The molecule has 3 N–H and O–H groups in total. The number of aliphatic imine (C=N–C) groups is 1. The monoisotopic (exact) mass is 356 g/mol. The molecule has 6 nitrogen and oxygen atoms in total. The van der Waals surface area contributed by atoms with Crippen molar-refractivity contribution in [2.45, 2.75) is 49.4 Å². The number of benzene rings is 1. The molecule has 0 amide bonds. The minimum Gasteiger partial charge on any atom is -0.388 e. The molecule has 2 fully saturated rings. The van der Waals surface area contributed by atoms with Gasteiger partial charge in [0.25, 0.3) is 0 Å². The molecule has 1 aromatic rings. The lowest BCUT2D eigenvalue weighted by atomic mass is 9.95. The van der Waals surface area contributed by atoms with Crippen LogP contribution in [-0.2, 0) is 16.1 Å². The van der Waals surface area contributed by atoms with Crippen molar-refractivity contribution in [3.05, 3.63) is 35.6 Å². The number of nitrogens with one attached hydrogen (secondary N) is 1. The minimum atomic E-state index is -1.11. The van der Waals surface area contributed by atoms with Crippen LogP contribution in [0.15, 0.2) is 29.3 Å². The van der Waals surface area contributed by atoms with Crippen molar-refractivity contribution in [1.82, 2.24) is 5.32 Å². The maximum Gasteiger partial charge on any atom is 0.159 e. The van der Waals surface area contributed by atoms with Crippen LogP contribution in [0.25, 0.3) is 0 Å². The van der Waals surface area contributed by atoms with Crippen molar-refractivity contribution < 1.29 is 24.1 Å². The molecule has 8 heteroatoms. The summed E-state index contributed by atoms with van der Waals surface area (Å²) in [6.07, 6.45) is -3.33. The highest BCUT2D eigenvalue weighted by molar-refractivity contribution is 8.14. The molecule has 2 saturated heterocycles. The van der Waals surface area contributed by atoms with Gasteiger partial charge in [-0.3, -0.25) is 4.99 Å². The second-order valence-corrected chi connectivity index (χ2v) is 6.96. The number of aliphatic hydroxyl groups is 2. The Morgan fingerprint density at radius 3 is 2.83 bits per heavy atom. The first-order valence-electron chi connectivity index (χ1n) is 7.78. The van der Waals surface area contributed by atoms with Gasteiger partial charge in [-0.15, -0.1) is 0 Å². The number of halogens is 1. The van der Waals surface area contributed by atoms with E-state index in [1.807, 2.05) is 0 Å². The largest absolute Gasteiger partial charge is 0.388 e. The van der Waals surface area contributed by atoms with Crippen molar-refractivity contribution in [2.24, 2.45) is 4.99 Å². The summed E-state index contributed by atoms with van der Waals surface area (Å²) in [5.41, 5.74) is 0.0806. The van der Waals surface area contributed by atoms with E-state index < -0.39 is 30.5 Å². The van der Waals surface area contributed by atoms with Gasteiger partial charge in [0.1, 0.15) is 29.6 Å². The first kappa shape index (κ1) is 17.6. The van der Waals surface area contributed by atoms with Crippen LogP contribution in [0.3, 0.4) is 0 Å². The summed E-state index contributed by atoms with van der Waals surface area (Å²) in [5.74, 6) is -0.339. The van der Waals surface area contributed by atoms with Crippen LogP contribution in [0.1, 0.15) is 12.5 Å². The van der Waals surface area contributed by atoms with Crippen LogP contribution in [-0.4, -0.2) is 58.3 Å². The van der Waals surface area contributed by atoms with Crippen molar-refractivity contribution in [3.8, 4) is 0 Å². The van der Waals surface area contributed by atoms with E-state index in [1.54, 1.807) is 32.2 Å². The topological polar surface area (TPSA) is 83.3 Å². The molecule has 0 unspecified atom stereocenters. The number of amidine groups is 1. The smallest absolute Gasteiger partial charge is 0.159 e. The summed E-state index contributed by atoms with van der Waals surface area (Å²) in [5, 5.41) is 24.4. The average molecular weight is 356 g/mol. The molecular formula is C16H21FN2O4S. The molecule has 0 radical (unpaired) electrons. The lowest BCUT2D eigenvalue weighted by molar-refractivity contribution is -0.195. The fourth-order valence-electron chi connectivity index (χ4n) is 2.87. The van der Waals surface area contributed by atoms with Gasteiger partial charge in [0.2, 0.25) is 0 Å². The molecule has 0 spiro atoms. The zero-order chi connectivity index (χ0) is 17.3. The first-order valence-corrected chi connectivity index (χ1v) is 8.66. The van der Waals surface area contributed by atoms with E-state index in [1.165, 1.54) is 17.8 Å². The summed E-state index contributed by atoms with van der Waals surface area (Å²) in [6.45, 7) is 1.81. The highest BCUT2D eigenvalue weighted by atomic mass is 32.2. The number of aliphatic hydroxyl groups excluding tert-OH is 2. The van der Waals surface area contributed by atoms with E-state index in [0.29, 0.717) is 10.7 Å². The van der Waals surface area contributed by atoms with E-state index in [-0.39, 0.29) is 17.9 Å². The van der Waals surface area contributed by atoms with Gasteiger partial charge >= 0.3 is 0 Å². The van der Waals surface area contributed by atoms with E-state index >= 15 is 0 Å². The quantitative estimate of drug-likeness (QED) is 0.743. The lowest BCUT2D eigenvalue weighted by Crippen LogP contribution is -2.61. The fraction of sp³-hybridized carbons (Fsp3) is 0.562. The van der Waals surface area contributed by atoms with Gasteiger partial charge in [0, 0.05) is 12.6 Å². The Balaban J connectivity index is 1.64. The maximum absolute atomic E-state index is 13.7. The molecule has 3 rings (SSSR count). The van der Waals surface area contributed by atoms with Gasteiger partial charge in [-0.05, 0) is 13.0 Å². The van der Waals surface area contributed by atoms with Crippen molar-refractivity contribution in [1.29, 1.82) is 0 Å². The number of rotatable bonds is 4. The van der Waals surface area contributed by atoms with E-state index in [4.69, 9.17) is 9.47 Å². The Morgan fingerprint density at radius 2 is 2.12 bits per heavy atom. The third-order valence-electron chi connectivity index (χ3n) is 4.28. The SMILES string of the molecule is CN=C1N[C@@H]2[C@@H](O)[C@H](O)[C@@H]([C@H](C)OCc3ccccc3F)O[C@@H]2S1. The van der Waals surface area contributed by atoms with Crippen molar-refractivity contribution in [3.63, 3.8) is 0 Å². The van der Waals surface area contributed by atoms with Crippen LogP contribution in [0.2, 0.25) is 0 Å². The van der Waals surface area contributed by atoms with Gasteiger partial charge in [0.05, 0.1) is 18.8 Å². The number of hydrogen-bond donors (Lipinski definition) is 3. The van der Waals surface area contributed by atoms with Gasteiger partial charge in [-0.1, -0.05) is 30.0 Å². The van der Waals surface area contributed by atoms with Crippen LogP contribution in [0.5, 0.6) is 0 Å². The van der Waals surface area contributed by atoms with Crippen LogP contribution in [0, 0.1) is 5.82 Å². The average Bonchev–Trinajstić information content (AvgIpc) is 3.00. The van der Waals surface area contributed by atoms with Gasteiger partial charge < -0.3 is 25.0 Å². The Morgan fingerprint density at radius 1 is 1.38 bits per heavy atom. The molecule has 6 atom stereocenters. The van der Waals surface area contributed by atoms with Gasteiger partial charge in [0.15, 0.2) is 5.17 Å². The Bertz CT molecular complexity index is 617. The summed E-state index contributed by atoms with van der Waals surface area (Å²) in [4.78, 5) is 4.05. The van der Waals surface area contributed by atoms with Crippen molar-refractivity contribution in [2.75, 3.05) is 7.05 Å². The highest BCUT2D eigenvalue weighted by Crippen LogP contribution is 2.35. The number of nitrogens with zero attached hydrogens (tertiary/aromatic N) is 1. The number of fused-ring (bicyclic) bond motifs is 1. The number of thioether (sulfide) groups is 1. The molecule has 0 aromatic heterocycles. The molecule has 0 bridgehead atoms. The Labute approximate surface area is 144 Å². The predicted octanol–water partition coefficient (Wildman–Crippen LogP) is 0.868. The van der Waals surface area contributed by atoms with E-state index in [9.17, 15) is 14.6 Å². The molecule has 0 aliphatic carbocycles. The molecule has 2 aliphatic heterocycles. The van der Waals surface area contributed by atoms with Crippen LogP contribution >= 0.6 is 11.8 Å². The number of ether oxygens (including phenoxy) is 2. The molecule has 1 aromatic carbocycles. The first-order chi connectivity index (χ1) is 11.5. The fourth-order valence-corrected chi connectivity index (χ4v) is 3.96. The number of hydrogen-bond acceptors (Lipinski definition) is 6. The van der Waals surface area contributed by atoms with Gasteiger partial charge in [-0.2, -0.15) is 0 Å². The summed E-state index contributed by atoms with van der Waals surface area (Å²) >= 11 is 1.37. The van der Waals surface area contributed by atoms with Crippen LogP contribution in [0.4, 0.5) is 4.39 Å². The summed E-state index contributed by atoms with van der Waals surface area (Å²) in [7, 11) is 1.65. The second-order valence-electron chi connectivity index (χ2n) is 5.87.